The van der Waals surface area contributed by atoms with Gasteiger partial charge < -0.3 is 0 Å². The molecule has 3 aromatic rings. The second kappa shape index (κ2) is 6.05. The second-order valence-corrected chi connectivity index (χ2v) is 7.34. The monoisotopic (exact) mass is 398 g/mol. The predicted octanol–water partition coefficient (Wildman–Crippen LogP) is 6.25. The van der Waals surface area contributed by atoms with E-state index >= 15 is 0 Å². The molecule has 3 rings (SSSR count). The number of hydrogen-bond acceptors (Lipinski definition) is 3. The molecule has 2 aromatic heterocycles. The first-order valence-corrected chi connectivity index (χ1v) is 8.47. The van der Waals surface area contributed by atoms with Crippen LogP contribution in [0.1, 0.15) is 4.88 Å². The third kappa shape index (κ3) is 3.14. The Balaban J connectivity index is 2.12. The highest BCUT2D eigenvalue weighted by molar-refractivity contribution is 9.10. The van der Waals surface area contributed by atoms with Crippen LogP contribution in [0.5, 0.6) is 0 Å². The highest BCUT2D eigenvalue weighted by Gasteiger charge is 2.15. The van der Waals surface area contributed by atoms with Crippen molar-refractivity contribution in [2.24, 2.45) is 0 Å². The van der Waals surface area contributed by atoms with E-state index in [-0.39, 0.29) is 0 Å². The van der Waals surface area contributed by atoms with Gasteiger partial charge in [0.25, 0.3) is 0 Å². The zero-order valence-corrected chi connectivity index (χ0v) is 14.8. The molecule has 0 aliphatic carbocycles. The fraction of sp³-hybridized carbons (Fsp3) is 0.0667. The summed E-state index contributed by atoms with van der Waals surface area (Å²) in [6, 6.07) is 11.7. The lowest BCUT2D eigenvalue weighted by Gasteiger charge is -2.08. The Morgan fingerprint density at radius 3 is 2.33 bits per heavy atom. The molecule has 0 bridgehead atoms. The van der Waals surface area contributed by atoms with E-state index in [0.717, 1.165) is 14.9 Å². The van der Waals surface area contributed by atoms with Crippen molar-refractivity contribution in [1.82, 2.24) is 9.97 Å². The summed E-state index contributed by atoms with van der Waals surface area (Å²) >= 11 is 17.7. The van der Waals surface area contributed by atoms with Crippen LogP contribution in [0.25, 0.3) is 21.8 Å². The van der Waals surface area contributed by atoms with E-state index in [1.54, 1.807) is 11.3 Å². The first-order chi connectivity index (χ1) is 10.0. The van der Waals surface area contributed by atoms with Crippen LogP contribution in [0.15, 0.2) is 40.9 Å². The quantitative estimate of drug-likeness (QED) is 0.476. The average Bonchev–Trinajstić information content (AvgIpc) is 2.85. The number of hydrogen-bond donors (Lipinski definition) is 0. The van der Waals surface area contributed by atoms with Crippen molar-refractivity contribution < 1.29 is 0 Å². The lowest BCUT2D eigenvalue weighted by Crippen LogP contribution is -1.93. The molecular weight excluding hydrogens is 391 g/mol. The van der Waals surface area contributed by atoms with E-state index in [1.807, 2.05) is 43.3 Å². The highest BCUT2D eigenvalue weighted by Crippen LogP contribution is 2.36. The van der Waals surface area contributed by atoms with Gasteiger partial charge in [0.15, 0.2) is 5.82 Å². The molecule has 0 saturated carbocycles. The van der Waals surface area contributed by atoms with Gasteiger partial charge in [-0.15, -0.1) is 11.3 Å². The number of thiophene rings is 1. The Labute approximate surface area is 144 Å². The summed E-state index contributed by atoms with van der Waals surface area (Å²) in [6.07, 6.45) is 0. The van der Waals surface area contributed by atoms with Gasteiger partial charge in [-0.25, -0.2) is 9.97 Å². The van der Waals surface area contributed by atoms with Gasteiger partial charge in [-0.2, -0.15) is 0 Å². The Morgan fingerprint density at radius 1 is 1.05 bits per heavy atom. The molecule has 0 radical (unpaired) electrons. The lowest BCUT2D eigenvalue weighted by atomic mass is 10.1. The number of halogens is 3. The van der Waals surface area contributed by atoms with E-state index in [0.29, 0.717) is 21.7 Å². The largest absolute Gasteiger partial charge is 0.215 e. The van der Waals surface area contributed by atoms with Crippen LogP contribution in [0.3, 0.4) is 0 Å². The van der Waals surface area contributed by atoms with Crippen LogP contribution >= 0.6 is 50.5 Å². The van der Waals surface area contributed by atoms with Crippen LogP contribution in [-0.4, -0.2) is 9.97 Å². The van der Waals surface area contributed by atoms with Gasteiger partial charge in [-0.1, -0.05) is 51.3 Å². The van der Waals surface area contributed by atoms with Crippen molar-refractivity contribution in [3.05, 3.63) is 56.1 Å². The maximum Gasteiger partial charge on any atom is 0.172 e. The molecule has 0 unspecified atom stereocenters. The Morgan fingerprint density at radius 2 is 1.76 bits per heavy atom. The smallest absolute Gasteiger partial charge is 0.172 e. The number of benzene rings is 1. The fourth-order valence-electron chi connectivity index (χ4n) is 1.95. The molecule has 0 spiro atoms. The molecule has 0 aliphatic rings. The second-order valence-electron chi connectivity index (χ2n) is 4.42. The molecule has 0 aliphatic heterocycles. The number of aryl methyl sites for hydroxylation is 1. The van der Waals surface area contributed by atoms with Gasteiger partial charge in [-0.3, -0.25) is 0 Å². The van der Waals surface area contributed by atoms with E-state index in [9.17, 15) is 0 Å². The third-order valence-corrected chi connectivity index (χ3v) is 4.93. The SMILES string of the molecule is Cc1ccc(-c2nc(Cl)c(-c3cccc(Br)c3)c(Cl)n2)s1. The van der Waals surface area contributed by atoms with Crippen molar-refractivity contribution in [1.29, 1.82) is 0 Å². The van der Waals surface area contributed by atoms with Crippen molar-refractivity contribution >= 4 is 50.5 Å². The van der Waals surface area contributed by atoms with Gasteiger partial charge in [-0.05, 0) is 36.8 Å². The summed E-state index contributed by atoms with van der Waals surface area (Å²) in [5.41, 5.74) is 1.53. The van der Waals surface area contributed by atoms with Crippen LogP contribution in [0.2, 0.25) is 10.3 Å². The molecule has 0 amide bonds. The van der Waals surface area contributed by atoms with E-state index < -0.39 is 0 Å². The maximum atomic E-state index is 6.33. The molecular formula is C15H9BrCl2N2S. The zero-order chi connectivity index (χ0) is 15.0. The van der Waals surface area contributed by atoms with Gasteiger partial charge in [0, 0.05) is 9.35 Å². The van der Waals surface area contributed by atoms with E-state index in [2.05, 4.69) is 25.9 Å². The summed E-state index contributed by atoms with van der Waals surface area (Å²) in [4.78, 5) is 10.9. The molecule has 0 N–H and O–H groups in total. The topological polar surface area (TPSA) is 25.8 Å². The van der Waals surface area contributed by atoms with Crippen molar-refractivity contribution in [3.8, 4) is 21.8 Å². The van der Waals surface area contributed by atoms with Gasteiger partial charge >= 0.3 is 0 Å². The molecule has 0 atom stereocenters. The molecule has 0 saturated heterocycles. The van der Waals surface area contributed by atoms with Crippen LogP contribution in [0.4, 0.5) is 0 Å². The highest BCUT2D eigenvalue weighted by atomic mass is 79.9. The van der Waals surface area contributed by atoms with Crippen LogP contribution in [-0.2, 0) is 0 Å². The molecule has 2 nitrogen and oxygen atoms in total. The summed E-state index contributed by atoms with van der Waals surface area (Å²) in [5, 5.41) is 0.711. The standard InChI is InChI=1S/C15H9BrCl2N2S/c1-8-5-6-11(21-8)15-19-13(17)12(14(18)20-15)9-3-2-4-10(16)7-9/h2-7H,1H3. The van der Waals surface area contributed by atoms with Crippen LogP contribution < -0.4 is 0 Å². The molecule has 0 fully saturated rings. The van der Waals surface area contributed by atoms with Gasteiger partial charge in [0.2, 0.25) is 0 Å². The minimum atomic E-state index is 0.356. The fourth-order valence-corrected chi connectivity index (χ4v) is 3.76. The number of rotatable bonds is 2. The molecule has 106 valence electrons. The zero-order valence-electron chi connectivity index (χ0n) is 10.9. The summed E-state index contributed by atoms with van der Waals surface area (Å²) < 4.78 is 0.949. The number of aromatic nitrogens is 2. The summed E-state index contributed by atoms with van der Waals surface area (Å²) in [6.45, 7) is 2.03. The number of nitrogens with zero attached hydrogens (tertiary/aromatic N) is 2. The summed E-state index contributed by atoms with van der Waals surface area (Å²) in [5.74, 6) is 0.557. The van der Waals surface area contributed by atoms with Gasteiger partial charge in [0.1, 0.15) is 10.3 Å². The average molecular weight is 400 g/mol. The first-order valence-electron chi connectivity index (χ1n) is 6.10. The molecule has 1 aromatic carbocycles. The first kappa shape index (κ1) is 15.0. The molecule has 2 heterocycles. The minimum Gasteiger partial charge on any atom is -0.215 e. The van der Waals surface area contributed by atoms with Crippen LogP contribution in [0, 0.1) is 6.92 Å². The third-order valence-electron chi connectivity index (χ3n) is 2.89. The Hall–Kier alpha value is -0.940. The van der Waals surface area contributed by atoms with E-state index in [1.165, 1.54) is 4.88 Å². The normalized spacial score (nSPS) is 10.9. The van der Waals surface area contributed by atoms with Crippen molar-refractivity contribution in [2.75, 3.05) is 0 Å². The van der Waals surface area contributed by atoms with Crippen molar-refractivity contribution in [2.45, 2.75) is 6.92 Å². The molecule has 21 heavy (non-hydrogen) atoms. The summed E-state index contributed by atoms with van der Waals surface area (Å²) in [7, 11) is 0. The maximum absolute atomic E-state index is 6.33. The molecule has 6 heteroatoms. The van der Waals surface area contributed by atoms with Crippen molar-refractivity contribution in [3.63, 3.8) is 0 Å². The Bertz CT molecular complexity index is 794. The Kier molecular flexibility index (Phi) is 4.31. The van der Waals surface area contributed by atoms with Gasteiger partial charge in [0.05, 0.1) is 10.4 Å². The minimum absolute atomic E-state index is 0.356. The van der Waals surface area contributed by atoms with E-state index in [4.69, 9.17) is 23.2 Å². The predicted molar refractivity (Wildman–Crippen MR) is 93.2 cm³/mol. The lowest BCUT2D eigenvalue weighted by molar-refractivity contribution is 1.19.